The van der Waals surface area contributed by atoms with Gasteiger partial charge in [0.2, 0.25) is 0 Å². The van der Waals surface area contributed by atoms with E-state index in [0.29, 0.717) is 0 Å². The summed E-state index contributed by atoms with van der Waals surface area (Å²) in [5.41, 5.74) is 0.819. The number of nitrogens with zero attached hydrogens (tertiary/aromatic N) is 3. The molecule has 0 aliphatic carbocycles. The number of aromatic nitrogens is 1. The molecule has 0 unspecified atom stereocenters. The zero-order valence-electron chi connectivity index (χ0n) is 10.7. The van der Waals surface area contributed by atoms with Crippen LogP contribution in [0.15, 0.2) is 18.3 Å². The van der Waals surface area contributed by atoms with Gasteiger partial charge < -0.3 is 9.47 Å². The second-order valence-corrected chi connectivity index (χ2v) is 4.79. The summed E-state index contributed by atoms with van der Waals surface area (Å²) < 4.78 is 2.06. The van der Waals surface area contributed by atoms with Crippen LogP contribution in [0.3, 0.4) is 0 Å². The molecule has 2 heterocycles. The van der Waals surface area contributed by atoms with Gasteiger partial charge in [0.1, 0.15) is 0 Å². The molecule has 0 aromatic carbocycles. The highest BCUT2D eigenvalue weighted by Gasteiger charge is 2.14. The van der Waals surface area contributed by atoms with Crippen molar-refractivity contribution >= 4 is 5.78 Å². The van der Waals surface area contributed by atoms with Crippen LogP contribution in [0.1, 0.15) is 17.4 Å². The van der Waals surface area contributed by atoms with Crippen molar-refractivity contribution in [3.05, 3.63) is 24.0 Å². The van der Waals surface area contributed by atoms with Crippen LogP contribution in [0.25, 0.3) is 0 Å². The predicted molar refractivity (Wildman–Crippen MR) is 68.4 cm³/mol. The Morgan fingerprint density at radius 1 is 1.24 bits per heavy atom. The van der Waals surface area contributed by atoms with Crippen LogP contribution in [-0.2, 0) is 6.54 Å². The Kier molecular flexibility index (Phi) is 3.97. The molecule has 0 amide bonds. The van der Waals surface area contributed by atoms with Crippen molar-refractivity contribution in [2.24, 2.45) is 0 Å². The normalized spacial score (nSPS) is 18.5. The summed E-state index contributed by atoms with van der Waals surface area (Å²) in [6.07, 6.45) is 1.99. The Morgan fingerprint density at radius 2 is 1.94 bits per heavy atom. The van der Waals surface area contributed by atoms with Gasteiger partial charge in [-0.1, -0.05) is 0 Å². The molecule has 0 radical (unpaired) electrons. The molecule has 17 heavy (non-hydrogen) atoms. The van der Waals surface area contributed by atoms with Crippen molar-refractivity contribution in [1.29, 1.82) is 0 Å². The number of ketones is 1. The minimum atomic E-state index is 0.147. The Morgan fingerprint density at radius 3 is 2.59 bits per heavy atom. The molecule has 1 aromatic rings. The van der Waals surface area contributed by atoms with Crippen LogP contribution in [0.4, 0.5) is 0 Å². The molecule has 0 bridgehead atoms. The largest absolute Gasteiger partial charge is 0.344 e. The molecule has 1 fully saturated rings. The van der Waals surface area contributed by atoms with Gasteiger partial charge in [-0.25, -0.2) is 0 Å². The molecule has 94 valence electrons. The molecule has 2 rings (SSSR count). The van der Waals surface area contributed by atoms with Crippen molar-refractivity contribution in [3.63, 3.8) is 0 Å². The van der Waals surface area contributed by atoms with E-state index in [1.165, 1.54) is 0 Å². The average Bonchev–Trinajstić information content (AvgIpc) is 2.76. The van der Waals surface area contributed by atoms with Crippen LogP contribution < -0.4 is 0 Å². The molecule has 0 atom stereocenters. The standard InChI is InChI=1S/C13H21N3O/c1-12(17)13-4-3-5-16(13)11-10-15-8-6-14(2)7-9-15/h3-5H,6-11H2,1-2H3. The zero-order valence-corrected chi connectivity index (χ0v) is 10.7. The van der Waals surface area contributed by atoms with Crippen LogP contribution in [0.2, 0.25) is 0 Å². The Hall–Kier alpha value is -1.13. The molecular formula is C13H21N3O. The Labute approximate surface area is 103 Å². The fraction of sp³-hybridized carbons (Fsp3) is 0.615. The van der Waals surface area contributed by atoms with Gasteiger partial charge in [0.25, 0.3) is 0 Å². The van der Waals surface area contributed by atoms with Crippen molar-refractivity contribution in [3.8, 4) is 0 Å². The highest BCUT2D eigenvalue weighted by atomic mass is 16.1. The third kappa shape index (κ3) is 3.17. The summed E-state index contributed by atoms with van der Waals surface area (Å²) in [7, 11) is 2.16. The van der Waals surface area contributed by atoms with E-state index >= 15 is 0 Å². The molecule has 4 heteroatoms. The summed E-state index contributed by atoms with van der Waals surface area (Å²) in [6, 6.07) is 3.84. The number of hydrogen-bond acceptors (Lipinski definition) is 3. The Balaban J connectivity index is 1.85. The van der Waals surface area contributed by atoms with Gasteiger partial charge in [0.15, 0.2) is 5.78 Å². The molecular weight excluding hydrogens is 214 g/mol. The third-order valence-corrected chi connectivity index (χ3v) is 3.44. The lowest BCUT2D eigenvalue weighted by atomic mass is 10.3. The molecule has 0 spiro atoms. The number of piperazine rings is 1. The number of carbonyl (C=O) groups is 1. The number of rotatable bonds is 4. The van der Waals surface area contributed by atoms with Gasteiger partial charge in [-0.05, 0) is 19.2 Å². The maximum Gasteiger partial charge on any atom is 0.176 e. The molecule has 1 aliphatic rings. The van der Waals surface area contributed by atoms with E-state index in [-0.39, 0.29) is 5.78 Å². The number of carbonyl (C=O) groups excluding carboxylic acids is 1. The molecule has 1 aromatic heterocycles. The summed E-state index contributed by atoms with van der Waals surface area (Å²) in [5.74, 6) is 0.147. The van der Waals surface area contributed by atoms with Crippen LogP contribution >= 0.6 is 0 Å². The summed E-state index contributed by atoms with van der Waals surface area (Å²) in [5, 5.41) is 0. The van der Waals surface area contributed by atoms with E-state index in [1.54, 1.807) is 6.92 Å². The number of Topliss-reactive ketones (excluding diaryl/α,β-unsaturated/α-hetero) is 1. The maximum atomic E-state index is 11.4. The monoisotopic (exact) mass is 235 g/mol. The van der Waals surface area contributed by atoms with Crippen LogP contribution in [-0.4, -0.2) is 59.9 Å². The lowest BCUT2D eigenvalue weighted by molar-refractivity contribution is 0.100. The van der Waals surface area contributed by atoms with Crippen molar-refractivity contribution < 1.29 is 4.79 Å². The van der Waals surface area contributed by atoms with Gasteiger partial charge in [0, 0.05) is 52.4 Å². The molecule has 0 N–H and O–H groups in total. The van der Waals surface area contributed by atoms with Gasteiger partial charge in [-0.15, -0.1) is 0 Å². The smallest absolute Gasteiger partial charge is 0.176 e. The lowest BCUT2D eigenvalue weighted by Gasteiger charge is -2.32. The highest BCUT2D eigenvalue weighted by Crippen LogP contribution is 2.05. The predicted octanol–water partition coefficient (Wildman–Crippen LogP) is 0.938. The first-order valence-electron chi connectivity index (χ1n) is 6.24. The maximum absolute atomic E-state index is 11.4. The Bertz CT molecular complexity index is 378. The minimum Gasteiger partial charge on any atom is -0.344 e. The minimum absolute atomic E-state index is 0.147. The van der Waals surface area contributed by atoms with Crippen molar-refractivity contribution in [1.82, 2.24) is 14.4 Å². The van der Waals surface area contributed by atoms with Gasteiger partial charge >= 0.3 is 0 Å². The fourth-order valence-corrected chi connectivity index (χ4v) is 2.25. The highest BCUT2D eigenvalue weighted by molar-refractivity contribution is 5.92. The fourth-order valence-electron chi connectivity index (χ4n) is 2.25. The van der Waals surface area contributed by atoms with Gasteiger partial charge in [-0.3, -0.25) is 9.69 Å². The quantitative estimate of drug-likeness (QED) is 0.727. The van der Waals surface area contributed by atoms with E-state index in [2.05, 4.69) is 21.4 Å². The SMILES string of the molecule is CC(=O)c1cccn1CCN1CCN(C)CC1. The lowest BCUT2D eigenvalue weighted by Crippen LogP contribution is -2.45. The van der Waals surface area contributed by atoms with Crippen LogP contribution in [0.5, 0.6) is 0 Å². The van der Waals surface area contributed by atoms with E-state index in [1.807, 2.05) is 18.3 Å². The average molecular weight is 235 g/mol. The molecule has 1 saturated heterocycles. The second kappa shape index (κ2) is 5.47. The van der Waals surface area contributed by atoms with E-state index < -0.39 is 0 Å². The number of likely N-dealkylation sites (N-methyl/N-ethyl adjacent to an activating group) is 1. The van der Waals surface area contributed by atoms with E-state index in [9.17, 15) is 4.79 Å². The first kappa shape index (κ1) is 12.3. The first-order valence-corrected chi connectivity index (χ1v) is 6.24. The number of hydrogen-bond donors (Lipinski definition) is 0. The third-order valence-electron chi connectivity index (χ3n) is 3.44. The van der Waals surface area contributed by atoms with Crippen molar-refractivity contribution in [2.75, 3.05) is 39.8 Å². The summed E-state index contributed by atoms with van der Waals surface area (Å²) >= 11 is 0. The second-order valence-electron chi connectivity index (χ2n) is 4.79. The first-order chi connectivity index (χ1) is 8.16. The molecule has 1 aliphatic heterocycles. The van der Waals surface area contributed by atoms with Gasteiger partial charge in [-0.2, -0.15) is 0 Å². The van der Waals surface area contributed by atoms with Gasteiger partial charge in [0.05, 0.1) is 5.69 Å². The van der Waals surface area contributed by atoms with Crippen molar-refractivity contribution in [2.45, 2.75) is 13.5 Å². The van der Waals surface area contributed by atoms with Crippen LogP contribution in [0, 0.1) is 0 Å². The summed E-state index contributed by atoms with van der Waals surface area (Å²) in [6.45, 7) is 8.12. The van der Waals surface area contributed by atoms with E-state index in [0.717, 1.165) is 45.0 Å². The zero-order chi connectivity index (χ0) is 12.3. The summed E-state index contributed by atoms with van der Waals surface area (Å²) in [4.78, 5) is 16.2. The molecule has 0 saturated carbocycles. The topological polar surface area (TPSA) is 28.5 Å². The molecule has 4 nitrogen and oxygen atoms in total. The van der Waals surface area contributed by atoms with E-state index in [4.69, 9.17) is 0 Å².